The lowest BCUT2D eigenvalue weighted by molar-refractivity contribution is 0.420. The average molecular weight is 911 g/mol. The van der Waals surface area contributed by atoms with Gasteiger partial charge in [-0.3, -0.25) is 0 Å². The van der Waals surface area contributed by atoms with Crippen molar-refractivity contribution in [1.82, 2.24) is 0 Å². The Morgan fingerprint density at radius 1 is 0.414 bits per heavy atom. The van der Waals surface area contributed by atoms with Crippen LogP contribution in [-0.4, -0.2) is 0 Å². The number of benzene rings is 8. The van der Waals surface area contributed by atoms with E-state index in [0.717, 1.165) is 43.4 Å². The van der Waals surface area contributed by atoms with Crippen LogP contribution in [0.15, 0.2) is 182 Å². The molecular weight excluding hydrogens is 845 g/mol. The van der Waals surface area contributed by atoms with Gasteiger partial charge < -0.3 is 9.80 Å². The Morgan fingerprint density at radius 3 is 1.59 bits per heavy atom. The molecule has 8 aliphatic rings. The van der Waals surface area contributed by atoms with Crippen LogP contribution < -0.4 is 9.80 Å². The molecular formula is C68H66N2. The van der Waals surface area contributed by atoms with Crippen molar-refractivity contribution >= 4 is 34.1 Å². The van der Waals surface area contributed by atoms with E-state index in [1.54, 1.807) is 5.56 Å². The van der Waals surface area contributed by atoms with E-state index in [-0.39, 0.29) is 5.41 Å². The Balaban J connectivity index is 0.871. The molecule has 3 fully saturated rings. The lowest BCUT2D eigenvalue weighted by atomic mass is 9.81. The molecule has 3 saturated carbocycles. The Morgan fingerprint density at radius 2 is 0.971 bits per heavy atom. The minimum Gasteiger partial charge on any atom is -0.310 e. The van der Waals surface area contributed by atoms with Gasteiger partial charge in [0, 0.05) is 39.5 Å². The van der Waals surface area contributed by atoms with Gasteiger partial charge >= 0.3 is 0 Å². The highest BCUT2D eigenvalue weighted by Crippen LogP contribution is 2.54. The molecule has 2 nitrogen and oxygen atoms in total. The third-order valence-electron chi connectivity index (χ3n) is 17.7. The Hall–Kier alpha value is -6.64. The van der Waals surface area contributed by atoms with Crippen LogP contribution >= 0.6 is 0 Å². The van der Waals surface area contributed by atoms with Crippen molar-refractivity contribution in [2.24, 2.45) is 11.8 Å². The monoisotopic (exact) mass is 911 g/mol. The van der Waals surface area contributed by atoms with Crippen LogP contribution in [0.4, 0.5) is 34.1 Å². The molecule has 3 atom stereocenters. The summed E-state index contributed by atoms with van der Waals surface area (Å²) in [7, 11) is 0. The minimum atomic E-state index is -0.154. The van der Waals surface area contributed by atoms with Gasteiger partial charge in [0.15, 0.2) is 0 Å². The molecule has 16 rings (SSSR count). The number of hydrogen-bond acceptors (Lipinski definition) is 2. The lowest BCUT2D eigenvalue weighted by Crippen LogP contribution is -2.18. The normalized spacial score (nSPS) is 19.9. The fourth-order valence-corrected chi connectivity index (χ4v) is 13.9. The van der Waals surface area contributed by atoms with Crippen molar-refractivity contribution in [2.75, 3.05) is 9.80 Å². The maximum absolute atomic E-state index is 2.61. The van der Waals surface area contributed by atoms with Crippen molar-refractivity contribution in [3.05, 3.63) is 226 Å². The molecule has 0 aromatic heterocycles. The number of aryl methyl sites for hydroxylation is 4. The molecule has 3 unspecified atom stereocenters. The molecule has 8 aromatic rings. The van der Waals surface area contributed by atoms with E-state index < -0.39 is 0 Å². The van der Waals surface area contributed by atoms with Gasteiger partial charge in [-0.15, -0.1) is 0 Å². The first-order valence-electron chi connectivity index (χ1n) is 26.8. The second-order valence-electron chi connectivity index (χ2n) is 22.2. The summed E-state index contributed by atoms with van der Waals surface area (Å²) in [6.07, 6.45) is 16.1. The zero-order chi connectivity index (χ0) is 46.8. The molecule has 8 aliphatic carbocycles. The van der Waals surface area contributed by atoms with Crippen LogP contribution in [0.25, 0.3) is 22.3 Å². The predicted octanol–water partition coefficient (Wildman–Crippen LogP) is 18.4. The zero-order valence-electron chi connectivity index (χ0n) is 41.2. The van der Waals surface area contributed by atoms with Crippen LogP contribution in [-0.2, 0) is 31.1 Å². The van der Waals surface area contributed by atoms with E-state index in [1.807, 2.05) is 0 Å². The first-order chi connectivity index (χ1) is 34.4. The van der Waals surface area contributed by atoms with Crippen molar-refractivity contribution in [1.29, 1.82) is 0 Å². The van der Waals surface area contributed by atoms with Crippen molar-refractivity contribution in [3.63, 3.8) is 0 Å². The van der Waals surface area contributed by atoms with Gasteiger partial charge in [-0.2, -0.15) is 0 Å². The van der Waals surface area contributed by atoms with Crippen LogP contribution in [0.1, 0.15) is 128 Å². The fraction of sp³-hybridized carbons (Fsp3) is 0.294. The Bertz CT molecular complexity index is 3180. The largest absolute Gasteiger partial charge is 0.310 e. The molecule has 0 amide bonds. The maximum atomic E-state index is 2.61. The van der Waals surface area contributed by atoms with Gasteiger partial charge in [0.05, 0.1) is 0 Å². The summed E-state index contributed by atoms with van der Waals surface area (Å²) < 4.78 is 0. The van der Waals surface area contributed by atoms with Crippen LogP contribution in [0.5, 0.6) is 0 Å². The van der Waals surface area contributed by atoms with Gasteiger partial charge in [0.1, 0.15) is 0 Å². The van der Waals surface area contributed by atoms with E-state index in [4.69, 9.17) is 0 Å². The van der Waals surface area contributed by atoms with E-state index in [2.05, 4.69) is 206 Å². The molecule has 0 N–H and O–H groups in total. The van der Waals surface area contributed by atoms with Gasteiger partial charge in [-0.25, -0.2) is 0 Å². The van der Waals surface area contributed by atoms with E-state index in [1.165, 1.54) is 153 Å². The van der Waals surface area contributed by atoms with Gasteiger partial charge in [-0.1, -0.05) is 155 Å². The number of nitrogens with zero attached hydrogens (tertiary/aromatic N) is 2. The minimum absolute atomic E-state index is 0.154. The first-order valence-corrected chi connectivity index (χ1v) is 26.8. The van der Waals surface area contributed by atoms with Gasteiger partial charge in [0.2, 0.25) is 0 Å². The predicted molar refractivity (Wildman–Crippen MR) is 294 cm³/mol. The molecule has 0 radical (unpaired) electrons. The Kier molecular flexibility index (Phi) is 11.1. The fourth-order valence-electron chi connectivity index (χ4n) is 13.9. The van der Waals surface area contributed by atoms with Crippen LogP contribution in [0.2, 0.25) is 0 Å². The topological polar surface area (TPSA) is 6.48 Å². The molecule has 8 aromatic carbocycles. The quantitative estimate of drug-likeness (QED) is 0.142. The number of rotatable bonds is 9. The summed E-state index contributed by atoms with van der Waals surface area (Å²) in [6.45, 7) is 4.85. The lowest BCUT2D eigenvalue weighted by Gasteiger charge is -2.31. The number of anilines is 6. The molecule has 70 heavy (non-hydrogen) atoms. The summed E-state index contributed by atoms with van der Waals surface area (Å²) in [6, 6.07) is 70.7. The molecule has 0 aliphatic heterocycles. The van der Waals surface area contributed by atoms with Crippen molar-refractivity contribution in [3.8, 4) is 22.3 Å². The molecule has 0 saturated heterocycles. The van der Waals surface area contributed by atoms with Gasteiger partial charge in [0.25, 0.3) is 0 Å². The van der Waals surface area contributed by atoms with E-state index in [0.29, 0.717) is 5.92 Å². The third-order valence-corrected chi connectivity index (χ3v) is 17.7. The zero-order valence-corrected chi connectivity index (χ0v) is 41.2. The highest BCUT2D eigenvalue weighted by molar-refractivity contribution is 5.88. The van der Waals surface area contributed by atoms with E-state index in [9.17, 15) is 0 Å². The maximum Gasteiger partial charge on any atom is 0.0496 e. The highest BCUT2D eigenvalue weighted by atomic mass is 15.2. The third kappa shape index (κ3) is 7.89. The summed E-state index contributed by atoms with van der Waals surface area (Å²) >= 11 is 0. The van der Waals surface area contributed by atoms with Crippen molar-refractivity contribution < 1.29 is 0 Å². The molecule has 6 bridgehead atoms. The molecule has 0 spiro atoms. The second-order valence-corrected chi connectivity index (χ2v) is 22.2. The highest BCUT2D eigenvalue weighted by Gasteiger charge is 2.40. The summed E-state index contributed by atoms with van der Waals surface area (Å²) in [5, 5.41) is 0. The second kappa shape index (κ2) is 18.0. The summed E-state index contributed by atoms with van der Waals surface area (Å²) in [5.41, 5.74) is 24.0. The van der Waals surface area contributed by atoms with Crippen LogP contribution in [0, 0.1) is 11.8 Å². The molecule has 2 heteroatoms. The Labute approximate surface area is 417 Å². The smallest absolute Gasteiger partial charge is 0.0496 e. The van der Waals surface area contributed by atoms with E-state index >= 15 is 0 Å². The number of para-hydroxylation sites is 1. The first kappa shape index (κ1) is 43.4. The summed E-state index contributed by atoms with van der Waals surface area (Å²) in [5.74, 6) is 3.22. The average Bonchev–Trinajstić information content (AvgIpc) is 4.11. The molecule has 348 valence electrons. The SMILES string of the molecule is CC1(C)c2cc(-c3ccccc3)ccc2-c2ccc(N(c3ccc(C4CCCCC4)cc3)c3cc4ccc3CCc3ccc(c(N(c5ccccc5)c5ccc(C6CC7CCC6C7)cc5)c3)CC4)cc21. The standard InChI is InChI=1S/C68H66N2/c1-68(2)64-44-55(50-14-8-4-9-15-50)32-38-61(64)62-39-37-60(45-65(62)68)70(59-33-28-51(29-34-59)49-12-6-3-7-13-49)67-43-47-19-24-53-23-18-46(20-25-54(67)26-21-47)42-66(53)69(57-16-10-5-11-17-57)58-35-30-52(31-36-58)63-41-48-22-27-56(63)40-48/h4-5,8-11,14-18,21,23,26,28-39,42-45,48-49,56,63H,3,6-7,12-13,19-20,22,24-25,27,40-41H2,1-2H3. The number of fused-ring (bicyclic) bond motifs is 5. The summed E-state index contributed by atoms with van der Waals surface area (Å²) in [4.78, 5) is 5.14. The number of hydrogen-bond donors (Lipinski definition) is 0. The van der Waals surface area contributed by atoms with Crippen LogP contribution in [0.3, 0.4) is 0 Å². The van der Waals surface area contributed by atoms with Gasteiger partial charge in [-0.05, 0) is 215 Å². The molecule has 0 heterocycles. The van der Waals surface area contributed by atoms with Crippen molar-refractivity contribution in [2.45, 2.75) is 115 Å².